The monoisotopic (exact) mass is 312 g/mol. The molecule has 1 aromatic heterocycles. The molecule has 0 saturated carbocycles. The number of aromatic amines is 1. The van der Waals surface area contributed by atoms with E-state index in [0.29, 0.717) is 11.7 Å². The maximum atomic E-state index is 5.43. The summed E-state index contributed by atoms with van der Waals surface area (Å²) in [4.78, 5) is 3.24. The summed E-state index contributed by atoms with van der Waals surface area (Å²) in [7, 11) is 3.28. The summed E-state index contributed by atoms with van der Waals surface area (Å²) in [6, 6.07) is 3.91. The number of H-pyrrole nitrogens is 1. The Morgan fingerprint density at radius 3 is 2.55 bits per heavy atom. The molecule has 0 saturated heterocycles. The van der Waals surface area contributed by atoms with Crippen LogP contribution in [0.25, 0.3) is 11.0 Å². The predicted molar refractivity (Wildman–Crippen MR) is 87.8 cm³/mol. The maximum Gasteiger partial charge on any atom is 0.178 e. The van der Waals surface area contributed by atoms with Crippen LogP contribution < -0.4 is 9.47 Å². The molecule has 6 heteroatoms. The van der Waals surface area contributed by atoms with Gasteiger partial charge in [0.05, 0.1) is 25.3 Å². The molecule has 0 fully saturated rings. The van der Waals surface area contributed by atoms with Crippen molar-refractivity contribution in [3.05, 3.63) is 16.9 Å². The first-order chi connectivity index (χ1) is 9.60. The number of nitrogens with one attached hydrogen (secondary N) is 1. The molecule has 0 amide bonds. The van der Waals surface area contributed by atoms with Gasteiger partial charge in [-0.25, -0.2) is 0 Å². The topological polar surface area (TPSA) is 39.2 Å². The summed E-state index contributed by atoms with van der Waals surface area (Å²) in [5.41, 5.74) is 2.03. The van der Waals surface area contributed by atoms with Gasteiger partial charge in [0, 0.05) is 18.7 Å². The van der Waals surface area contributed by atoms with Gasteiger partial charge < -0.3 is 19.0 Å². The molecule has 1 unspecified atom stereocenters. The highest BCUT2D eigenvalue weighted by Crippen LogP contribution is 2.32. The first-order valence-electron chi connectivity index (χ1n) is 6.44. The number of thioether (sulfide) groups is 1. The zero-order valence-corrected chi connectivity index (χ0v) is 13.9. The second-order valence-corrected chi connectivity index (χ2v) is 6.12. The molecule has 4 nitrogen and oxygen atoms in total. The lowest BCUT2D eigenvalue weighted by Gasteiger charge is -2.13. The third-order valence-electron chi connectivity index (χ3n) is 3.22. The van der Waals surface area contributed by atoms with Crippen molar-refractivity contribution in [2.45, 2.75) is 13.5 Å². The Morgan fingerprint density at radius 1 is 1.30 bits per heavy atom. The van der Waals surface area contributed by atoms with Gasteiger partial charge in [0.1, 0.15) is 0 Å². The molecule has 2 aromatic rings. The second-order valence-electron chi connectivity index (χ2n) is 4.83. The average Bonchev–Trinajstić information content (AvgIpc) is 2.73. The van der Waals surface area contributed by atoms with Gasteiger partial charge in [-0.2, -0.15) is 11.8 Å². The maximum absolute atomic E-state index is 5.43. The fourth-order valence-electron chi connectivity index (χ4n) is 2.31. The lowest BCUT2D eigenvalue weighted by molar-refractivity contribution is 0.355. The van der Waals surface area contributed by atoms with Crippen LogP contribution in [0.1, 0.15) is 6.92 Å². The van der Waals surface area contributed by atoms with Gasteiger partial charge in [-0.15, -0.1) is 0 Å². The molecule has 0 radical (unpaired) electrons. The summed E-state index contributed by atoms with van der Waals surface area (Å²) in [6.07, 6.45) is 2.12. The van der Waals surface area contributed by atoms with E-state index < -0.39 is 0 Å². The van der Waals surface area contributed by atoms with Crippen LogP contribution in [0.3, 0.4) is 0 Å². The largest absolute Gasteiger partial charge is 0.493 e. The molecule has 20 heavy (non-hydrogen) atoms. The van der Waals surface area contributed by atoms with Crippen molar-refractivity contribution in [1.29, 1.82) is 0 Å². The molecule has 0 aliphatic heterocycles. The summed E-state index contributed by atoms with van der Waals surface area (Å²) in [5.74, 6) is 3.10. The zero-order chi connectivity index (χ0) is 14.7. The van der Waals surface area contributed by atoms with E-state index in [0.717, 1.165) is 33.9 Å². The van der Waals surface area contributed by atoms with Crippen LogP contribution in [0, 0.1) is 10.7 Å². The number of fused-ring (bicyclic) bond motifs is 1. The van der Waals surface area contributed by atoms with E-state index in [1.807, 2.05) is 23.9 Å². The Hall–Kier alpha value is -1.14. The molecule has 0 aliphatic rings. The van der Waals surface area contributed by atoms with Gasteiger partial charge in [-0.1, -0.05) is 6.92 Å². The molecule has 2 rings (SSSR count). The number of rotatable bonds is 6. The van der Waals surface area contributed by atoms with Crippen molar-refractivity contribution >= 4 is 35.0 Å². The summed E-state index contributed by atoms with van der Waals surface area (Å²) >= 11 is 7.29. The Labute approximate surface area is 128 Å². The lowest BCUT2D eigenvalue weighted by atomic mass is 10.2. The lowest BCUT2D eigenvalue weighted by Crippen LogP contribution is -2.09. The smallest absolute Gasteiger partial charge is 0.178 e. The standard InChI is InChI=1S/C14H20N2O2S2/c1-9(8-20-4)7-16-11-6-13(18-3)12(17-2)5-10(11)15-14(16)19/h5-6,9H,7-8H2,1-4H3,(H,15,19). The minimum Gasteiger partial charge on any atom is -0.493 e. The Balaban J connectivity index is 2.49. The van der Waals surface area contributed by atoms with Gasteiger partial charge in [0.25, 0.3) is 0 Å². The first kappa shape index (κ1) is 15.3. The van der Waals surface area contributed by atoms with E-state index in [1.54, 1.807) is 14.2 Å². The fraction of sp³-hybridized carbons (Fsp3) is 0.500. The molecule has 0 bridgehead atoms. The summed E-state index contributed by atoms with van der Waals surface area (Å²) in [5, 5.41) is 0. The van der Waals surface area contributed by atoms with Gasteiger partial charge in [-0.3, -0.25) is 0 Å². The SMILES string of the molecule is COc1cc2[nH]c(=S)n(CC(C)CSC)c2cc1OC. The number of ether oxygens (including phenoxy) is 2. The minimum absolute atomic E-state index is 0.559. The third kappa shape index (κ3) is 2.96. The summed E-state index contributed by atoms with van der Waals surface area (Å²) < 4.78 is 13.6. The van der Waals surface area contributed by atoms with Crippen LogP contribution in [0.15, 0.2) is 12.1 Å². The summed E-state index contributed by atoms with van der Waals surface area (Å²) in [6.45, 7) is 3.13. The van der Waals surface area contributed by atoms with E-state index in [-0.39, 0.29) is 0 Å². The molecular weight excluding hydrogens is 292 g/mol. The van der Waals surface area contributed by atoms with E-state index in [4.69, 9.17) is 21.7 Å². The van der Waals surface area contributed by atoms with Crippen molar-refractivity contribution in [2.24, 2.45) is 5.92 Å². The number of hydrogen-bond donors (Lipinski definition) is 1. The molecule has 1 aromatic carbocycles. The number of hydrogen-bond acceptors (Lipinski definition) is 4. The van der Waals surface area contributed by atoms with Crippen LogP contribution in [0.2, 0.25) is 0 Å². The van der Waals surface area contributed by atoms with Crippen LogP contribution in [0.4, 0.5) is 0 Å². The molecule has 110 valence electrons. The third-order valence-corrected chi connectivity index (χ3v) is 4.45. The number of aromatic nitrogens is 2. The van der Waals surface area contributed by atoms with Gasteiger partial charge >= 0.3 is 0 Å². The number of imidazole rings is 1. The second kappa shape index (κ2) is 6.54. The number of benzene rings is 1. The van der Waals surface area contributed by atoms with E-state index in [1.165, 1.54) is 0 Å². The number of methoxy groups -OCH3 is 2. The van der Waals surface area contributed by atoms with Crippen LogP contribution in [0.5, 0.6) is 11.5 Å². The van der Waals surface area contributed by atoms with Crippen molar-refractivity contribution in [2.75, 3.05) is 26.2 Å². The van der Waals surface area contributed by atoms with E-state index >= 15 is 0 Å². The highest BCUT2D eigenvalue weighted by Gasteiger charge is 2.13. The van der Waals surface area contributed by atoms with Crippen molar-refractivity contribution < 1.29 is 9.47 Å². The predicted octanol–water partition coefficient (Wildman–Crippen LogP) is 3.72. The fourth-order valence-corrected chi connectivity index (χ4v) is 3.27. The van der Waals surface area contributed by atoms with Crippen LogP contribution in [-0.2, 0) is 6.54 Å². The van der Waals surface area contributed by atoms with Crippen LogP contribution >= 0.6 is 24.0 Å². The molecule has 0 aliphatic carbocycles. The molecular formula is C14H20N2O2S2. The highest BCUT2D eigenvalue weighted by atomic mass is 32.2. The quantitative estimate of drug-likeness (QED) is 0.825. The average molecular weight is 312 g/mol. The Kier molecular flexibility index (Phi) is 4.99. The normalized spacial score (nSPS) is 12.6. The first-order valence-corrected chi connectivity index (χ1v) is 8.24. The zero-order valence-electron chi connectivity index (χ0n) is 12.2. The van der Waals surface area contributed by atoms with Gasteiger partial charge in [0.15, 0.2) is 16.3 Å². The molecule has 0 spiro atoms. The Morgan fingerprint density at radius 2 is 1.95 bits per heavy atom. The van der Waals surface area contributed by atoms with Crippen molar-refractivity contribution in [3.63, 3.8) is 0 Å². The number of nitrogens with zero attached hydrogens (tertiary/aromatic N) is 1. The minimum atomic E-state index is 0.559. The van der Waals surface area contributed by atoms with Gasteiger partial charge in [0.2, 0.25) is 0 Å². The highest BCUT2D eigenvalue weighted by molar-refractivity contribution is 7.98. The molecule has 1 atom stereocenters. The van der Waals surface area contributed by atoms with Gasteiger partial charge in [-0.05, 0) is 30.1 Å². The van der Waals surface area contributed by atoms with Crippen molar-refractivity contribution in [3.8, 4) is 11.5 Å². The van der Waals surface area contributed by atoms with E-state index in [2.05, 4.69) is 22.7 Å². The van der Waals surface area contributed by atoms with Crippen LogP contribution in [-0.4, -0.2) is 35.8 Å². The van der Waals surface area contributed by atoms with E-state index in [9.17, 15) is 0 Å². The molecule has 1 heterocycles. The molecule has 1 N–H and O–H groups in total. The van der Waals surface area contributed by atoms with Crippen molar-refractivity contribution in [1.82, 2.24) is 9.55 Å². The Bertz CT molecular complexity index is 648.